The Hall–Kier alpha value is -1.66. The predicted octanol–water partition coefficient (Wildman–Crippen LogP) is 1.92. The fraction of sp³-hybridized carbons (Fsp3) is 0.333. The van der Waals surface area contributed by atoms with Crippen LogP contribution in [-0.2, 0) is 6.54 Å². The number of rotatable bonds is 3. The van der Waals surface area contributed by atoms with Crippen molar-refractivity contribution in [1.82, 2.24) is 24.3 Å². The quantitative estimate of drug-likeness (QED) is 0.783. The first kappa shape index (κ1) is 11.4. The first-order chi connectivity index (χ1) is 8.72. The van der Waals surface area contributed by atoms with Gasteiger partial charge in [-0.05, 0) is 20.9 Å². The maximum Gasteiger partial charge on any atom is 0.195 e. The van der Waals surface area contributed by atoms with Crippen LogP contribution in [0.4, 0.5) is 0 Å². The van der Waals surface area contributed by atoms with E-state index in [1.54, 1.807) is 11.3 Å². The normalized spacial score (nSPS) is 11.5. The van der Waals surface area contributed by atoms with E-state index in [1.807, 2.05) is 20.3 Å². The van der Waals surface area contributed by atoms with Crippen molar-refractivity contribution in [1.29, 1.82) is 0 Å². The maximum atomic E-state index is 4.70. The van der Waals surface area contributed by atoms with Gasteiger partial charge in [0.15, 0.2) is 10.8 Å². The number of aromatic nitrogens is 4. The van der Waals surface area contributed by atoms with Gasteiger partial charge in [-0.1, -0.05) is 0 Å². The van der Waals surface area contributed by atoms with Gasteiger partial charge in [-0.25, -0.2) is 9.97 Å². The molecule has 0 aliphatic carbocycles. The van der Waals surface area contributed by atoms with Crippen LogP contribution in [-0.4, -0.2) is 26.0 Å². The molecule has 0 saturated carbocycles. The number of thiazole rings is 1. The third kappa shape index (κ3) is 1.57. The van der Waals surface area contributed by atoms with Crippen LogP contribution in [0.3, 0.4) is 0 Å². The van der Waals surface area contributed by atoms with Gasteiger partial charge in [0.2, 0.25) is 0 Å². The number of hydrogen-bond donors (Lipinski definition) is 1. The van der Waals surface area contributed by atoms with Gasteiger partial charge in [0.1, 0.15) is 6.33 Å². The monoisotopic (exact) mass is 261 g/mol. The summed E-state index contributed by atoms with van der Waals surface area (Å²) >= 11 is 1.65. The minimum atomic E-state index is 0.782. The van der Waals surface area contributed by atoms with E-state index in [2.05, 4.69) is 37.8 Å². The molecule has 0 radical (unpaired) electrons. The smallest absolute Gasteiger partial charge is 0.195 e. The van der Waals surface area contributed by atoms with E-state index >= 15 is 0 Å². The van der Waals surface area contributed by atoms with E-state index in [4.69, 9.17) is 4.98 Å². The van der Waals surface area contributed by atoms with Gasteiger partial charge in [-0.3, -0.25) is 8.97 Å². The number of nitrogens with zero attached hydrogens (tertiary/aromatic N) is 4. The SMILES string of the molecule is CNCc1c(-n2cnc(C)c2C)nc2sccn12. The highest BCUT2D eigenvalue weighted by Gasteiger charge is 2.16. The molecular formula is C12H15N5S. The van der Waals surface area contributed by atoms with Crippen LogP contribution in [0.25, 0.3) is 10.8 Å². The molecule has 0 fully saturated rings. The third-order valence-corrected chi connectivity index (χ3v) is 3.92. The second kappa shape index (κ2) is 4.22. The molecule has 0 unspecified atom stereocenters. The second-order valence-corrected chi connectivity index (χ2v) is 5.13. The van der Waals surface area contributed by atoms with Crippen LogP contribution in [0, 0.1) is 13.8 Å². The van der Waals surface area contributed by atoms with Crippen LogP contribution in [0.5, 0.6) is 0 Å². The lowest BCUT2D eigenvalue weighted by Gasteiger charge is -2.06. The zero-order valence-corrected chi connectivity index (χ0v) is 11.5. The van der Waals surface area contributed by atoms with Gasteiger partial charge >= 0.3 is 0 Å². The molecular weight excluding hydrogens is 246 g/mol. The molecule has 0 amide bonds. The van der Waals surface area contributed by atoms with Gasteiger partial charge in [0.05, 0.1) is 11.4 Å². The number of nitrogens with one attached hydrogen (secondary N) is 1. The van der Waals surface area contributed by atoms with E-state index < -0.39 is 0 Å². The van der Waals surface area contributed by atoms with Gasteiger partial charge < -0.3 is 5.32 Å². The fourth-order valence-electron chi connectivity index (χ4n) is 2.06. The van der Waals surface area contributed by atoms with Crippen molar-refractivity contribution >= 4 is 16.3 Å². The highest BCUT2D eigenvalue weighted by atomic mass is 32.1. The maximum absolute atomic E-state index is 4.70. The molecule has 18 heavy (non-hydrogen) atoms. The minimum Gasteiger partial charge on any atom is -0.314 e. The number of imidazole rings is 2. The Labute approximate surface area is 109 Å². The molecule has 94 valence electrons. The van der Waals surface area contributed by atoms with Gasteiger partial charge in [0.25, 0.3) is 0 Å². The molecule has 0 spiro atoms. The summed E-state index contributed by atoms with van der Waals surface area (Å²) in [6, 6.07) is 0. The van der Waals surface area contributed by atoms with Crippen LogP contribution in [0.2, 0.25) is 0 Å². The van der Waals surface area contributed by atoms with Crippen LogP contribution >= 0.6 is 11.3 Å². The van der Waals surface area contributed by atoms with Gasteiger partial charge in [-0.15, -0.1) is 11.3 Å². The van der Waals surface area contributed by atoms with E-state index in [9.17, 15) is 0 Å². The Balaban J connectivity index is 2.24. The van der Waals surface area contributed by atoms with Crippen molar-refractivity contribution in [3.05, 3.63) is 35.0 Å². The van der Waals surface area contributed by atoms with E-state index in [0.29, 0.717) is 0 Å². The summed E-state index contributed by atoms with van der Waals surface area (Å²) in [5.74, 6) is 0.967. The summed E-state index contributed by atoms with van der Waals surface area (Å²) in [6.45, 7) is 4.87. The van der Waals surface area contributed by atoms with Crippen molar-refractivity contribution in [2.24, 2.45) is 0 Å². The standard InChI is InChI=1S/C12H15N5S/c1-8-9(2)17(7-14-8)11-10(6-13-3)16-4-5-18-12(16)15-11/h4-5,7,13H,6H2,1-3H3. The summed E-state index contributed by atoms with van der Waals surface area (Å²) in [4.78, 5) is 10.1. The van der Waals surface area contributed by atoms with Crippen molar-refractivity contribution in [2.75, 3.05) is 7.05 Å². The lowest BCUT2D eigenvalue weighted by atomic mass is 10.3. The van der Waals surface area contributed by atoms with Gasteiger partial charge in [0, 0.05) is 23.8 Å². The summed E-state index contributed by atoms with van der Waals surface area (Å²) in [5, 5.41) is 5.25. The number of hydrogen-bond acceptors (Lipinski definition) is 4. The van der Waals surface area contributed by atoms with E-state index in [0.717, 1.165) is 34.4 Å². The molecule has 6 heteroatoms. The Morgan fingerprint density at radius 1 is 1.39 bits per heavy atom. The Morgan fingerprint density at radius 2 is 2.22 bits per heavy atom. The number of aryl methyl sites for hydroxylation is 1. The lowest BCUT2D eigenvalue weighted by Crippen LogP contribution is -2.10. The van der Waals surface area contributed by atoms with E-state index in [-0.39, 0.29) is 0 Å². The molecule has 0 bridgehead atoms. The Kier molecular flexibility index (Phi) is 2.68. The molecule has 3 heterocycles. The van der Waals surface area contributed by atoms with Crippen molar-refractivity contribution in [3.63, 3.8) is 0 Å². The highest BCUT2D eigenvalue weighted by Crippen LogP contribution is 2.22. The predicted molar refractivity (Wildman–Crippen MR) is 72.4 cm³/mol. The largest absolute Gasteiger partial charge is 0.314 e. The summed E-state index contributed by atoms with van der Waals surface area (Å²) in [6.07, 6.45) is 3.90. The molecule has 5 nitrogen and oxygen atoms in total. The molecule has 0 aromatic carbocycles. The topological polar surface area (TPSA) is 47.2 Å². The molecule has 3 aromatic heterocycles. The minimum absolute atomic E-state index is 0.782. The molecule has 0 aliphatic heterocycles. The fourth-order valence-corrected chi connectivity index (χ4v) is 2.79. The van der Waals surface area contributed by atoms with Crippen molar-refractivity contribution < 1.29 is 0 Å². The summed E-state index contributed by atoms with van der Waals surface area (Å²) in [7, 11) is 1.95. The molecule has 1 N–H and O–H groups in total. The summed E-state index contributed by atoms with van der Waals surface area (Å²) in [5.41, 5.74) is 3.34. The molecule has 0 saturated heterocycles. The van der Waals surface area contributed by atoms with Crippen molar-refractivity contribution in [2.45, 2.75) is 20.4 Å². The highest BCUT2D eigenvalue weighted by molar-refractivity contribution is 7.15. The van der Waals surface area contributed by atoms with Crippen LogP contribution in [0.15, 0.2) is 17.9 Å². The van der Waals surface area contributed by atoms with Crippen LogP contribution < -0.4 is 5.32 Å². The number of fused-ring (bicyclic) bond motifs is 1. The molecule has 3 aromatic rings. The van der Waals surface area contributed by atoms with Crippen LogP contribution in [0.1, 0.15) is 17.1 Å². The molecule has 0 aliphatic rings. The third-order valence-electron chi connectivity index (χ3n) is 3.16. The first-order valence-electron chi connectivity index (χ1n) is 5.82. The summed E-state index contributed by atoms with van der Waals surface area (Å²) < 4.78 is 4.19. The zero-order valence-electron chi connectivity index (χ0n) is 10.6. The lowest BCUT2D eigenvalue weighted by molar-refractivity contribution is 0.770. The Morgan fingerprint density at radius 3 is 2.89 bits per heavy atom. The van der Waals surface area contributed by atoms with E-state index in [1.165, 1.54) is 0 Å². The molecule has 3 rings (SSSR count). The average molecular weight is 261 g/mol. The first-order valence-corrected chi connectivity index (χ1v) is 6.70. The Bertz CT molecular complexity index is 691. The molecule has 0 atom stereocenters. The zero-order chi connectivity index (χ0) is 12.7. The van der Waals surface area contributed by atoms with Crippen molar-refractivity contribution in [3.8, 4) is 5.82 Å². The average Bonchev–Trinajstić information content (AvgIpc) is 2.99. The van der Waals surface area contributed by atoms with Gasteiger partial charge in [-0.2, -0.15) is 0 Å². The second-order valence-electron chi connectivity index (χ2n) is 4.25.